The Kier molecular flexibility index (Phi) is 3.52. The van der Waals surface area contributed by atoms with Crippen LogP contribution in [0.4, 0.5) is 17.6 Å². The third-order valence-electron chi connectivity index (χ3n) is 1.67. The van der Waals surface area contributed by atoms with Crippen LogP contribution in [0, 0.1) is 0 Å². The van der Waals surface area contributed by atoms with E-state index in [2.05, 4.69) is 4.74 Å². The molecule has 0 saturated heterocycles. The van der Waals surface area contributed by atoms with Crippen LogP contribution in [-0.2, 0) is 6.54 Å². The minimum Gasteiger partial charge on any atom is -0.428 e. The molecule has 0 amide bonds. The van der Waals surface area contributed by atoms with Crippen LogP contribution in [0.25, 0.3) is 0 Å². The summed E-state index contributed by atoms with van der Waals surface area (Å²) in [6.07, 6.45) is -8.32. The normalized spacial score (nSPS) is 11.9. The van der Waals surface area contributed by atoms with Crippen molar-refractivity contribution in [3.63, 3.8) is 0 Å². The van der Waals surface area contributed by atoms with Gasteiger partial charge < -0.3 is 10.5 Å². The summed E-state index contributed by atoms with van der Waals surface area (Å²) in [7, 11) is 0. The summed E-state index contributed by atoms with van der Waals surface area (Å²) in [5.41, 5.74) is 5.96. The van der Waals surface area contributed by atoms with Crippen LogP contribution >= 0.6 is 0 Å². The van der Waals surface area contributed by atoms with Crippen molar-refractivity contribution in [1.82, 2.24) is 0 Å². The first-order chi connectivity index (χ1) is 6.95. The number of benzene rings is 1. The van der Waals surface area contributed by atoms with E-state index in [4.69, 9.17) is 5.73 Å². The lowest BCUT2D eigenvalue weighted by Crippen LogP contribution is -2.33. The Labute approximate surface area is 83.6 Å². The molecule has 0 atom stereocenters. The summed E-state index contributed by atoms with van der Waals surface area (Å²) in [4.78, 5) is 0. The molecular formula is C9H9F4NO. The van der Waals surface area contributed by atoms with Gasteiger partial charge in [-0.3, -0.25) is 0 Å². The van der Waals surface area contributed by atoms with Gasteiger partial charge in [0, 0.05) is 6.54 Å². The second-order valence-corrected chi connectivity index (χ2v) is 2.81. The Balaban J connectivity index is 2.73. The topological polar surface area (TPSA) is 35.2 Å². The Morgan fingerprint density at radius 2 is 1.73 bits per heavy atom. The molecule has 1 aromatic rings. The van der Waals surface area contributed by atoms with Gasteiger partial charge in [0.15, 0.2) is 0 Å². The van der Waals surface area contributed by atoms with Crippen molar-refractivity contribution >= 4 is 0 Å². The summed E-state index contributed by atoms with van der Waals surface area (Å²) >= 11 is 0. The molecule has 2 N–H and O–H groups in total. The minimum absolute atomic E-state index is 0.242. The molecule has 0 aromatic heterocycles. The Hall–Kier alpha value is -1.30. The maximum absolute atomic E-state index is 12.4. The van der Waals surface area contributed by atoms with E-state index in [1.165, 1.54) is 24.3 Å². The van der Waals surface area contributed by atoms with Gasteiger partial charge in [0.1, 0.15) is 5.75 Å². The standard InChI is InChI=1S/C9H9F4NO/c10-8(11)9(12,13)15-7-3-1-6(5-14)2-4-7/h1-4,8H,5,14H2. The van der Waals surface area contributed by atoms with Crippen molar-refractivity contribution in [3.8, 4) is 5.75 Å². The van der Waals surface area contributed by atoms with Gasteiger partial charge in [0.05, 0.1) is 0 Å². The molecule has 0 fully saturated rings. The van der Waals surface area contributed by atoms with Crippen molar-refractivity contribution in [1.29, 1.82) is 0 Å². The fourth-order valence-electron chi connectivity index (χ4n) is 0.895. The molecule has 6 heteroatoms. The van der Waals surface area contributed by atoms with Crippen molar-refractivity contribution < 1.29 is 22.3 Å². The Bertz CT molecular complexity index is 312. The number of hydrogen-bond acceptors (Lipinski definition) is 2. The molecule has 0 bridgehead atoms. The van der Waals surface area contributed by atoms with E-state index in [9.17, 15) is 17.6 Å². The average Bonchev–Trinajstić information content (AvgIpc) is 2.18. The average molecular weight is 223 g/mol. The van der Waals surface area contributed by atoms with E-state index >= 15 is 0 Å². The van der Waals surface area contributed by atoms with E-state index in [1.54, 1.807) is 0 Å². The van der Waals surface area contributed by atoms with Gasteiger partial charge in [-0.1, -0.05) is 12.1 Å². The van der Waals surface area contributed by atoms with E-state index in [1.807, 2.05) is 0 Å². The highest BCUT2D eigenvalue weighted by Crippen LogP contribution is 2.27. The highest BCUT2D eigenvalue weighted by Gasteiger charge is 2.43. The van der Waals surface area contributed by atoms with Gasteiger partial charge in [-0.25, -0.2) is 0 Å². The highest BCUT2D eigenvalue weighted by atomic mass is 19.3. The highest BCUT2D eigenvalue weighted by molar-refractivity contribution is 5.27. The monoisotopic (exact) mass is 223 g/mol. The van der Waals surface area contributed by atoms with Gasteiger partial charge >= 0.3 is 12.5 Å². The molecule has 0 aliphatic heterocycles. The second-order valence-electron chi connectivity index (χ2n) is 2.81. The Morgan fingerprint density at radius 3 is 2.13 bits per heavy atom. The maximum Gasteiger partial charge on any atom is 0.461 e. The van der Waals surface area contributed by atoms with Crippen molar-refractivity contribution in [2.24, 2.45) is 5.73 Å². The first-order valence-electron chi connectivity index (χ1n) is 4.09. The quantitative estimate of drug-likeness (QED) is 0.795. The van der Waals surface area contributed by atoms with Crippen LogP contribution in [0.2, 0.25) is 0 Å². The number of rotatable bonds is 4. The lowest BCUT2D eigenvalue weighted by atomic mass is 10.2. The van der Waals surface area contributed by atoms with E-state index in [-0.39, 0.29) is 12.3 Å². The SMILES string of the molecule is NCc1ccc(OC(F)(F)C(F)F)cc1. The molecule has 84 valence electrons. The lowest BCUT2D eigenvalue weighted by Gasteiger charge is -2.16. The van der Waals surface area contributed by atoms with Gasteiger partial charge in [0.2, 0.25) is 0 Å². The minimum atomic E-state index is -4.47. The van der Waals surface area contributed by atoms with Crippen molar-refractivity contribution in [3.05, 3.63) is 29.8 Å². The third-order valence-corrected chi connectivity index (χ3v) is 1.67. The Morgan fingerprint density at radius 1 is 1.20 bits per heavy atom. The molecule has 0 radical (unpaired) electrons. The summed E-state index contributed by atoms with van der Waals surface area (Å²) in [5, 5.41) is 0. The molecular weight excluding hydrogens is 214 g/mol. The molecule has 2 nitrogen and oxygen atoms in total. The number of ether oxygens (including phenoxy) is 1. The summed E-state index contributed by atoms with van der Waals surface area (Å²) in [6.45, 7) is 0.242. The molecule has 1 aromatic carbocycles. The van der Waals surface area contributed by atoms with Crippen LogP contribution in [0.3, 0.4) is 0 Å². The second kappa shape index (κ2) is 4.48. The van der Waals surface area contributed by atoms with Crippen LogP contribution in [0.5, 0.6) is 5.75 Å². The zero-order valence-electron chi connectivity index (χ0n) is 7.59. The van der Waals surface area contributed by atoms with Gasteiger partial charge in [-0.05, 0) is 17.7 Å². The fourth-order valence-corrected chi connectivity index (χ4v) is 0.895. The van der Waals surface area contributed by atoms with E-state index < -0.39 is 12.5 Å². The summed E-state index contributed by atoms with van der Waals surface area (Å²) in [6, 6.07) is 5.19. The first kappa shape index (κ1) is 11.8. The van der Waals surface area contributed by atoms with Crippen LogP contribution < -0.4 is 10.5 Å². The van der Waals surface area contributed by atoms with E-state index in [0.29, 0.717) is 5.56 Å². The number of hydrogen-bond donors (Lipinski definition) is 1. The van der Waals surface area contributed by atoms with Gasteiger partial charge in [-0.2, -0.15) is 17.6 Å². The van der Waals surface area contributed by atoms with Crippen LogP contribution in [-0.4, -0.2) is 12.5 Å². The van der Waals surface area contributed by atoms with E-state index in [0.717, 1.165) is 0 Å². The molecule has 1 rings (SSSR count). The predicted octanol–water partition coefficient (Wildman–Crippen LogP) is 2.38. The summed E-state index contributed by atoms with van der Waals surface area (Å²) in [5.74, 6) is -0.322. The van der Waals surface area contributed by atoms with Gasteiger partial charge in [0.25, 0.3) is 0 Å². The zero-order chi connectivity index (χ0) is 11.5. The fraction of sp³-hybridized carbons (Fsp3) is 0.333. The maximum atomic E-state index is 12.4. The number of alkyl halides is 4. The van der Waals surface area contributed by atoms with Crippen LogP contribution in [0.15, 0.2) is 24.3 Å². The zero-order valence-corrected chi connectivity index (χ0v) is 7.59. The van der Waals surface area contributed by atoms with Crippen molar-refractivity contribution in [2.75, 3.05) is 0 Å². The van der Waals surface area contributed by atoms with Crippen molar-refractivity contribution in [2.45, 2.75) is 19.1 Å². The number of halogens is 4. The molecule has 0 saturated carbocycles. The number of nitrogens with two attached hydrogens (primary N) is 1. The molecule has 0 unspecified atom stereocenters. The third kappa shape index (κ3) is 3.09. The molecule has 0 spiro atoms. The predicted molar refractivity (Wildman–Crippen MR) is 45.9 cm³/mol. The summed E-state index contributed by atoms with van der Waals surface area (Å²) < 4.78 is 52.2. The smallest absolute Gasteiger partial charge is 0.428 e. The largest absolute Gasteiger partial charge is 0.461 e. The first-order valence-corrected chi connectivity index (χ1v) is 4.09. The van der Waals surface area contributed by atoms with Gasteiger partial charge in [-0.15, -0.1) is 0 Å². The molecule has 0 aliphatic carbocycles. The lowest BCUT2D eigenvalue weighted by molar-refractivity contribution is -0.253. The molecule has 0 aliphatic rings. The molecule has 0 heterocycles. The molecule has 15 heavy (non-hydrogen) atoms. The van der Waals surface area contributed by atoms with Crippen LogP contribution in [0.1, 0.15) is 5.56 Å².